The van der Waals surface area contributed by atoms with Crippen LogP contribution in [0.15, 0.2) is 48.8 Å². The summed E-state index contributed by atoms with van der Waals surface area (Å²) in [5.41, 5.74) is 1.83. The van der Waals surface area contributed by atoms with Gasteiger partial charge in [0.05, 0.1) is 19.3 Å². The molecule has 0 radical (unpaired) electrons. The largest absolute Gasteiger partial charge is 0.495 e. The average molecular weight is 313 g/mol. The Labute approximate surface area is 137 Å². The lowest BCUT2D eigenvalue weighted by molar-refractivity contribution is -0.117. The van der Waals surface area contributed by atoms with Crippen LogP contribution in [0.3, 0.4) is 0 Å². The van der Waals surface area contributed by atoms with Crippen molar-refractivity contribution in [1.29, 1.82) is 0 Å². The summed E-state index contributed by atoms with van der Waals surface area (Å²) in [6.45, 7) is 5.24. The van der Waals surface area contributed by atoms with Crippen molar-refractivity contribution in [3.8, 4) is 5.75 Å². The quantitative estimate of drug-likeness (QED) is 0.853. The van der Waals surface area contributed by atoms with Crippen molar-refractivity contribution in [3.05, 3.63) is 54.4 Å². The number of hydrogen-bond donors (Lipinski definition) is 1. The Morgan fingerprint density at radius 3 is 2.61 bits per heavy atom. The van der Waals surface area contributed by atoms with Crippen LogP contribution in [0.2, 0.25) is 0 Å². The van der Waals surface area contributed by atoms with Gasteiger partial charge in [-0.15, -0.1) is 0 Å². The van der Waals surface area contributed by atoms with Gasteiger partial charge in [0.15, 0.2) is 0 Å². The summed E-state index contributed by atoms with van der Waals surface area (Å²) in [6.07, 6.45) is 3.54. The normalized spacial score (nSPS) is 12.0. The molecular weight excluding hydrogens is 290 g/mol. The van der Waals surface area contributed by atoms with E-state index < -0.39 is 0 Å². The molecule has 5 nitrogen and oxygen atoms in total. The smallest absolute Gasteiger partial charge is 0.238 e. The minimum Gasteiger partial charge on any atom is -0.495 e. The zero-order valence-corrected chi connectivity index (χ0v) is 13.8. The van der Waals surface area contributed by atoms with Gasteiger partial charge in [0.2, 0.25) is 5.91 Å². The van der Waals surface area contributed by atoms with E-state index in [1.54, 1.807) is 19.5 Å². The standard InChI is InChI=1S/C18H23N3O2/c1-4-21(14(2)15-9-11-19-12-10-15)13-18(22)20-16-7-5-6-8-17(16)23-3/h5-12,14H,4,13H2,1-3H3,(H,20,22). The number of benzene rings is 1. The molecule has 0 aliphatic carbocycles. The molecule has 0 spiro atoms. The Balaban J connectivity index is 2.02. The molecule has 1 N–H and O–H groups in total. The van der Waals surface area contributed by atoms with Crippen LogP contribution in [0.1, 0.15) is 25.5 Å². The summed E-state index contributed by atoms with van der Waals surface area (Å²) in [7, 11) is 1.59. The first-order chi connectivity index (χ1) is 11.2. The molecule has 1 atom stereocenters. The van der Waals surface area contributed by atoms with Gasteiger partial charge in [-0.25, -0.2) is 0 Å². The third kappa shape index (κ3) is 4.53. The monoisotopic (exact) mass is 313 g/mol. The van der Waals surface area contributed by atoms with Gasteiger partial charge >= 0.3 is 0 Å². The van der Waals surface area contributed by atoms with Crippen molar-refractivity contribution in [1.82, 2.24) is 9.88 Å². The van der Waals surface area contributed by atoms with Gasteiger partial charge in [0, 0.05) is 18.4 Å². The second-order valence-corrected chi connectivity index (χ2v) is 5.27. The minimum absolute atomic E-state index is 0.0581. The van der Waals surface area contributed by atoms with Gasteiger partial charge in [-0.1, -0.05) is 19.1 Å². The first-order valence-corrected chi connectivity index (χ1v) is 7.72. The van der Waals surface area contributed by atoms with Crippen LogP contribution in [0.4, 0.5) is 5.69 Å². The van der Waals surface area contributed by atoms with E-state index in [-0.39, 0.29) is 11.9 Å². The molecule has 1 amide bonds. The molecule has 23 heavy (non-hydrogen) atoms. The van der Waals surface area contributed by atoms with Gasteiger partial charge in [-0.2, -0.15) is 0 Å². The van der Waals surface area contributed by atoms with Crippen molar-refractivity contribution in [3.63, 3.8) is 0 Å². The summed E-state index contributed by atoms with van der Waals surface area (Å²) in [6, 6.07) is 11.5. The highest BCUT2D eigenvalue weighted by atomic mass is 16.5. The lowest BCUT2D eigenvalue weighted by atomic mass is 10.1. The SMILES string of the molecule is CCN(CC(=O)Nc1ccccc1OC)C(C)c1ccncc1. The van der Waals surface area contributed by atoms with E-state index in [1.807, 2.05) is 43.3 Å². The highest BCUT2D eigenvalue weighted by Crippen LogP contribution is 2.23. The molecule has 1 aromatic heterocycles. The molecule has 0 saturated carbocycles. The van der Waals surface area contributed by atoms with Crippen molar-refractivity contribution in [2.75, 3.05) is 25.5 Å². The van der Waals surface area contributed by atoms with Crippen molar-refractivity contribution in [2.24, 2.45) is 0 Å². The number of pyridine rings is 1. The number of nitrogens with one attached hydrogen (secondary N) is 1. The molecule has 5 heteroatoms. The number of anilines is 1. The van der Waals surface area contributed by atoms with Gasteiger partial charge in [-0.3, -0.25) is 14.7 Å². The Hall–Kier alpha value is -2.40. The summed E-state index contributed by atoms with van der Waals surface area (Å²) < 4.78 is 5.26. The van der Waals surface area contributed by atoms with E-state index in [9.17, 15) is 4.79 Å². The number of carbonyl (C=O) groups is 1. The van der Waals surface area contributed by atoms with E-state index >= 15 is 0 Å². The second kappa shape index (κ2) is 8.29. The Kier molecular flexibility index (Phi) is 6.11. The number of aromatic nitrogens is 1. The molecule has 2 aromatic rings. The van der Waals surface area contributed by atoms with Gasteiger partial charge < -0.3 is 10.1 Å². The average Bonchev–Trinajstić information content (AvgIpc) is 2.60. The number of amides is 1. The third-order valence-electron chi connectivity index (χ3n) is 3.87. The molecule has 2 rings (SSSR count). The van der Waals surface area contributed by atoms with E-state index in [0.29, 0.717) is 18.0 Å². The van der Waals surface area contributed by atoms with Crippen LogP contribution < -0.4 is 10.1 Å². The molecule has 1 unspecified atom stereocenters. The molecule has 1 aromatic carbocycles. The predicted molar refractivity (Wildman–Crippen MR) is 91.5 cm³/mol. The third-order valence-corrected chi connectivity index (χ3v) is 3.87. The number of nitrogens with zero attached hydrogens (tertiary/aromatic N) is 2. The summed E-state index contributed by atoms with van der Waals surface area (Å²) in [4.78, 5) is 18.5. The minimum atomic E-state index is -0.0581. The molecule has 0 bridgehead atoms. The lowest BCUT2D eigenvalue weighted by Crippen LogP contribution is -2.35. The van der Waals surface area contributed by atoms with Gasteiger partial charge in [0.25, 0.3) is 0 Å². The molecule has 122 valence electrons. The van der Waals surface area contributed by atoms with E-state index in [4.69, 9.17) is 4.74 Å². The fourth-order valence-corrected chi connectivity index (χ4v) is 2.50. The van der Waals surface area contributed by atoms with Crippen molar-refractivity contribution in [2.45, 2.75) is 19.9 Å². The lowest BCUT2D eigenvalue weighted by Gasteiger charge is -2.27. The van der Waals surface area contributed by atoms with Crippen LogP contribution in [0.25, 0.3) is 0 Å². The zero-order valence-electron chi connectivity index (χ0n) is 13.8. The Morgan fingerprint density at radius 1 is 1.26 bits per heavy atom. The van der Waals surface area contributed by atoms with E-state index in [0.717, 1.165) is 12.1 Å². The number of para-hydroxylation sites is 2. The van der Waals surface area contributed by atoms with Crippen molar-refractivity contribution < 1.29 is 9.53 Å². The summed E-state index contributed by atoms with van der Waals surface area (Å²) in [5.74, 6) is 0.600. The summed E-state index contributed by atoms with van der Waals surface area (Å²) >= 11 is 0. The van der Waals surface area contributed by atoms with Crippen LogP contribution in [-0.2, 0) is 4.79 Å². The maximum Gasteiger partial charge on any atom is 0.238 e. The number of ether oxygens (including phenoxy) is 1. The van der Waals surface area contributed by atoms with Crippen LogP contribution in [0, 0.1) is 0 Å². The molecule has 0 fully saturated rings. The van der Waals surface area contributed by atoms with Gasteiger partial charge in [-0.05, 0) is 43.3 Å². The second-order valence-electron chi connectivity index (χ2n) is 5.27. The summed E-state index contributed by atoms with van der Waals surface area (Å²) in [5, 5.41) is 2.91. The molecule has 0 saturated heterocycles. The maximum absolute atomic E-state index is 12.4. The predicted octanol–water partition coefficient (Wildman–Crippen LogP) is 3.11. The number of likely N-dealkylation sites (N-methyl/N-ethyl adjacent to an activating group) is 1. The van der Waals surface area contributed by atoms with E-state index in [2.05, 4.69) is 22.1 Å². The van der Waals surface area contributed by atoms with Gasteiger partial charge in [0.1, 0.15) is 5.75 Å². The fourth-order valence-electron chi connectivity index (χ4n) is 2.50. The number of methoxy groups -OCH3 is 1. The maximum atomic E-state index is 12.4. The topological polar surface area (TPSA) is 54.5 Å². The molecule has 0 aliphatic heterocycles. The number of rotatable bonds is 7. The van der Waals surface area contributed by atoms with Crippen LogP contribution in [0.5, 0.6) is 5.75 Å². The first-order valence-electron chi connectivity index (χ1n) is 7.72. The first kappa shape index (κ1) is 17.0. The number of hydrogen-bond acceptors (Lipinski definition) is 4. The highest BCUT2D eigenvalue weighted by molar-refractivity contribution is 5.93. The Morgan fingerprint density at radius 2 is 1.96 bits per heavy atom. The zero-order chi connectivity index (χ0) is 16.7. The van der Waals surface area contributed by atoms with Crippen LogP contribution >= 0.6 is 0 Å². The fraction of sp³-hybridized carbons (Fsp3) is 0.333. The number of carbonyl (C=O) groups excluding carboxylic acids is 1. The molecule has 0 aliphatic rings. The highest BCUT2D eigenvalue weighted by Gasteiger charge is 2.18. The molecular formula is C18H23N3O2. The van der Waals surface area contributed by atoms with Crippen molar-refractivity contribution >= 4 is 11.6 Å². The molecule has 1 heterocycles. The van der Waals surface area contributed by atoms with E-state index in [1.165, 1.54) is 0 Å². The van der Waals surface area contributed by atoms with Crippen LogP contribution in [-0.4, -0.2) is 36.0 Å². The Bertz CT molecular complexity index is 631.